The van der Waals surface area contributed by atoms with Gasteiger partial charge >= 0.3 is 0 Å². The number of nitrogens with zero attached hydrogens (tertiary/aromatic N) is 1. The van der Waals surface area contributed by atoms with E-state index in [1.165, 1.54) is 94.2 Å². The first-order chi connectivity index (χ1) is 15.8. The fourth-order valence-corrected chi connectivity index (χ4v) is 4.15. The second kappa shape index (κ2) is 20.0. The lowest BCUT2D eigenvalue weighted by atomic mass is 10.1. The molecule has 1 rings (SSSR count). The number of hydrogen-bond donors (Lipinski definition) is 1. The molecule has 0 aromatic heterocycles. The standard InChI is InChI=1S/C16H36N.C7H2Cl4O.H2O4S/c1-5-9-13-17(14-10-6-2,15-11-7-3)16-12-8-4;8-4-2-1-3(7(11)12)5(9)6(4)10;1-5(2,3)4/h5-16H2,1-4H3;1-2H;(H2,1,2,3,4)/q+1;;/p-1. The summed E-state index contributed by atoms with van der Waals surface area (Å²) in [5.41, 5.74) is 0.160. The Balaban J connectivity index is 0. The molecule has 1 aromatic rings. The molecule has 1 N–H and O–H groups in total. The van der Waals surface area contributed by atoms with Crippen LogP contribution >= 0.6 is 46.4 Å². The summed E-state index contributed by atoms with van der Waals surface area (Å²) in [7, 11) is -4.92. The summed E-state index contributed by atoms with van der Waals surface area (Å²) in [6, 6.07) is 2.89. The van der Waals surface area contributed by atoms with E-state index >= 15 is 0 Å². The van der Waals surface area contributed by atoms with Crippen LogP contribution in [0.4, 0.5) is 0 Å². The number of carbonyl (C=O) groups is 1. The van der Waals surface area contributed by atoms with Crippen LogP contribution in [0.2, 0.25) is 15.1 Å². The molecule has 0 aliphatic heterocycles. The maximum Gasteiger partial charge on any atom is 0.253 e. The molecule has 11 heteroatoms. The molecule has 0 aliphatic rings. The molecule has 0 saturated carbocycles. The van der Waals surface area contributed by atoms with Crippen LogP contribution in [0.25, 0.3) is 0 Å². The normalized spacial score (nSPS) is 11.2. The van der Waals surface area contributed by atoms with Crippen LogP contribution in [0.1, 0.15) is 89.4 Å². The van der Waals surface area contributed by atoms with E-state index < -0.39 is 15.6 Å². The van der Waals surface area contributed by atoms with Crippen LogP contribution in [0, 0.1) is 0 Å². The zero-order chi connectivity index (χ0) is 26.8. The van der Waals surface area contributed by atoms with Gasteiger partial charge in [-0.25, -0.2) is 8.42 Å². The molecule has 0 amide bonds. The van der Waals surface area contributed by atoms with Gasteiger partial charge in [-0.05, 0) is 49.4 Å². The Morgan fingerprint density at radius 3 is 1.41 bits per heavy atom. The minimum Gasteiger partial charge on any atom is -0.726 e. The van der Waals surface area contributed by atoms with Gasteiger partial charge in [-0.3, -0.25) is 9.35 Å². The van der Waals surface area contributed by atoms with Crippen molar-refractivity contribution < 1.29 is 26.8 Å². The van der Waals surface area contributed by atoms with Gasteiger partial charge < -0.3 is 9.04 Å². The van der Waals surface area contributed by atoms with Crippen molar-refractivity contribution in [2.45, 2.75) is 79.1 Å². The summed E-state index contributed by atoms with van der Waals surface area (Å²) in [5, 5.41) is -0.129. The van der Waals surface area contributed by atoms with Crippen LogP contribution in [0.5, 0.6) is 0 Å². The maximum atomic E-state index is 10.7. The van der Waals surface area contributed by atoms with Crippen molar-refractivity contribution in [2.24, 2.45) is 0 Å². The highest BCUT2D eigenvalue weighted by molar-refractivity contribution is 7.79. The fourth-order valence-electron chi connectivity index (χ4n) is 3.32. The zero-order valence-electron chi connectivity index (χ0n) is 20.6. The summed E-state index contributed by atoms with van der Waals surface area (Å²) in [6.45, 7) is 15.0. The van der Waals surface area contributed by atoms with Gasteiger partial charge in [0.1, 0.15) is 0 Å². The average molecular weight is 583 g/mol. The number of benzene rings is 1. The second-order valence-electron chi connectivity index (χ2n) is 8.07. The fraction of sp³-hybridized carbons (Fsp3) is 0.696. The molecule has 0 aliphatic carbocycles. The molecule has 1 aromatic carbocycles. The van der Waals surface area contributed by atoms with Gasteiger partial charge in [-0.15, -0.1) is 0 Å². The first kappa shape index (κ1) is 36.0. The van der Waals surface area contributed by atoms with Gasteiger partial charge in [-0.1, -0.05) is 88.2 Å². The van der Waals surface area contributed by atoms with Crippen LogP contribution in [-0.4, -0.2) is 53.4 Å². The lowest BCUT2D eigenvalue weighted by Crippen LogP contribution is -2.50. The van der Waals surface area contributed by atoms with E-state index in [0.29, 0.717) is 5.02 Å². The molecule has 0 spiro atoms. The predicted octanol–water partition coefficient (Wildman–Crippen LogP) is 8.03. The summed E-state index contributed by atoms with van der Waals surface area (Å²) >= 11 is 22.2. The SMILES string of the molecule is CCCC[N+](CCCC)(CCCC)CCCC.O=C(Cl)c1ccc(Cl)c(Cl)c1Cl.O=S(=O)([O-])O. The summed E-state index contributed by atoms with van der Waals surface area (Å²) in [5.74, 6) is 0. The minimum absolute atomic E-state index is 0.0872. The minimum atomic E-state index is -4.92. The maximum absolute atomic E-state index is 10.7. The Labute approximate surface area is 226 Å². The highest BCUT2D eigenvalue weighted by atomic mass is 35.5. The van der Waals surface area contributed by atoms with Crippen molar-refractivity contribution in [3.05, 3.63) is 32.8 Å². The highest BCUT2D eigenvalue weighted by Gasteiger charge is 2.24. The third-order valence-corrected chi connectivity index (χ3v) is 6.69. The Hall–Kier alpha value is -0.120. The lowest BCUT2D eigenvalue weighted by Gasteiger charge is -2.39. The molecule has 200 valence electrons. The first-order valence-corrected chi connectivity index (χ1v) is 14.5. The first-order valence-electron chi connectivity index (χ1n) is 11.6. The number of rotatable bonds is 13. The van der Waals surface area contributed by atoms with E-state index in [4.69, 9.17) is 63.9 Å². The van der Waals surface area contributed by atoms with E-state index in [1.807, 2.05) is 0 Å². The summed E-state index contributed by atoms with van der Waals surface area (Å²) in [4.78, 5) is 10.7. The van der Waals surface area contributed by atoms with Crippen molar-refractivity contribution in [3.63, 3.8) is 0 Å². The molecule has 0 saturated heterocycles. The van der Waals surface area contributed by atoms with E-state index in [-0.39, 0.29) is 15.6 Å². The number of unbranched alkanes of at least 4 members (excludes halogenated alkanes) is 4. The predicted molar refractivity (Wildman–Crippen MR) is 143 cm³/mol. The average Bonchev–Trinajstić information content (AvgIpc) is 2.75. The van der Waals surface area contributed by atoms with Gasteiger partial charge in [0, 0.05) is 0 Å². The summed E-state index contributed by atoms with van der Waals surface area (Å²) < 4.78 is 34.3. The largest absolute Gasteiger partial charge is 0.726 e. The third kappa shape index (κ3) is 18.2. The van der Waals surface area contributed by atoms with E-state index in [1.54, 1.807) is 0 Å². The third-order valence-electron chi connectivity index (χ3n) is 5.19. The molecule has 6 nitrogen and oxygen atoms in total. The molecule has 0 atom stereocenters. The molecule has 0 bridgehead atoms. The van der Waals surface area contributed by atoms with Crippen molar-refractivity contribution in [2.75, 3.05) is 26.2 Å². The molecule has 0 unspecified atom stereocenters. The number of halogens is 4. The molecule has 0 heterocycles. The highest BCUT2D eigenvalue weighted by Crippen LogP contribution is 2.33. The summed E-state index contributed by atoms with van der Waals surface area (Å²) in [6.07, 6.45) is 11.1. The zero-order valence-corrected chi connectivity index (χ0v) is 24.4. The Morgan fingerprint density at radius 2 is 1.15 bits per heavy atom. The van der Waals surface area contributed by atoms with Crippen LogP contribution in [0.15, 0.2) is 12.1 Å². The molecular weight excluding hydrogens is 544 g/mol. The number of hydrogen-bond acceptors (Lipinski definition) is 4. The van der Waals surface area contributed by atoms with Crippen LogP contribution in [-0.2, 0) is 10.4 Å². The number of carbonyl (C=O) groups excluding carboxylic acids is 1. The monoisotopic (exact) mass is 581 g/mol. The van der Waals surface area contributed by atoms with Crippen molar-refractivity contribution in [1.29, 1.82) is 0 Å². The van der Waals surface area contributed by atoms with Gasteiger partial charge in [0.05, 0.1) is 46.8 Å². The Kier molecular flexibility index (Phi) is 21.2. The van der Waals surface area contributed by atoms with Crippen molar-refractivity contribution in [1.82, 2.24) is 0 Å². The van der Waals surface area contributed by atoms with E-state index in [9.17, 15) is 4.79 Å². The van der Waals surface area contributed by atoms with Gasteiger partial charge in [0.15, 0.2) is 0 Å². The van der Waals surface area contributed by atoms with Gasteiger partial charge in [0.25, 0.3) is 5.24 Å². The Morgan fingerprint density at radius 1 is 0.824 bits per heavy atom. The Bertz CT molecular complexity index is 761. The van der Waals surface area contributed by atoms with Gasteiger partial charge in [-0.2, -0.15) is 0 Å². The molecule has 0 radical (unpaired) electrons. The van der Waals surface area contributed by atoms with Gasteiger partial charge in [0.2, 0.25) is 10.4 Å². The van der Waals surface area contributed by atoms with Crippen LogP contribution in [0.3, 0.4) is 0 Å². The second-order valence-corrected chi connectivity index (χ2v) is 10.4. The topological polar surface area (TPSA) is 94.5 Å². The number of quaternary nitrogens is 1. The lowest BCUT2D eigenvalue weighted by molar-refractivity contribution is -0.929. The molecular formula is C23H39Cl4NO5S. The smallest absolute Gasteiger partial charge is 0.253 e. The molecule has 34 heavy (non-hydrogen) atoms. The quantitative estimate of drug-likeness (QED) is 0.0834. The van der Waals surface area contributed by atoms with E-state index in [0.717, 1.165) is 0 Å². The van der Waals surface area contributed by atoms with Crippen LogP contribution < -0.4 is 0 Å². The van der Waals surface area contributed by atoms with Crippen molar-refractivity contribution in [3.8, 4) is 0 Å². The molecule has 0 fully saturated rings. The van der Waals surface area contributed by atoms with E-state index in [2.05, 4.69) is 27.7 Å². The van der Waals surface area contributed by atoms with Crippen molar-refractivity contribution >= 4 is 62.0 Å².